The third kappa shape index (κ3) is 2.02. The lowest BCUT2D eigenvalue weighted by molar-refractivity contribution is -0.116. The van der Waals surface area contributed by atoms with Gasteiger partial charge in [-0.05, 0) is 25.2 Å². The van der Waals surface area contributed by atoms with Gasteiger partial charge in [-0.25, -0.2) is 0 Å². The second-order valence-corrected chi connectivity index (χ2v) is 7.35. The molecule has 1 aliphatic heterocycles. The monoisotopic (exact) mass is 251 g/mol. The second kappa shape index (κ2) is 4.79. The Morgan fingerprint density at radius 1 is 1.22 bits per heavy atom. The summed E-state index contributed by atoms with van der Waals surface area (Å²) in [6.07, 6.45) is 8.84. The van der Waals surface area contributed by atoms with E-state index in [-0.39, 0.29) is 0 Å². The smallest absolute Gasteiger partial charge is 0.0685 e. The number of fused-ring (bicyclic) bond motifs is 1. The molecule has 18 heavy (non-hydrogen) atoms. The largest absolute Gasteiger partial charge is 0.377 e. The average molecular weight is 251 g/mol. The van der Waals surface area contributed by atoms with Gasteiger partial charge in [0, 0.05) is 30.0 Å². The van der Waals surface area contributed by atoms with Crippen LogP contribution < -0.4 is 5.32 Å². The zero-order valence-corrected chi connectivity index (χ0v) is 12.2. The predicted octanol–water partition coefficient (Wildman–Crippen LogP) is 3.36. The zero-order chi connectivity index (χ0) is 12.8. The van der Waals surface area contributed by atoms with Crippen LogP contribution in [-0.4, -0.2) is 24.8 Å². The fraction of sp³-hybridized carbons (Fsp3) is 1.00. The summed E-state index contributed by atoms with van der Waals surface area (Å²) in [4.78, 5) is 0. The van der Waals surface area contributed by atoms with Gasteiger partial charge in [-0.3, -0.25) is 0 Å². The van der Waals surface area contributed by atoms with Gasteiger partial charge in [0.05, 0.1) is 6.10 Å². The summed E-state index contributed by atoms with van der Waals surface area (Å²) in [7, 11) is 0. The molecule has 1 heterocycles. The van der Waals surface area contributed by atoms with Gasteiger partial charge in [0.15, 0.2) is 0 Å². The van der Waals surface area contributed by atoms with E-state index in [1.165, 1.54) is 38.5 Å². The molecule has 0 bridgehead atoms. The van der Waals surface area contributed by atoms with Gasteiger partial charge in [-0.1, -0.05) is 40.0 Å². The molecular weight excluding hydrogens is 222 g/mol. The van der Waals surface area contributed by atoms with Crippen LogP contribution in [0.15, 0.2) is 0 Å². The molecule has 0 aromatic rings. The molecule has 0 amide bonds. The van der Waals surface area contributed by atoms with E-state index in [4.69, 9.17) is 4.74 Å². The molecule has 1 N–H and O–H groups in total. The van der Waals surface area contributed by atoms with Crippen LogP contribution in [0.2, 0.25) is 0 Å². The summed E-state index contributed by atoms with van der Waals surface area (Å²) >= 11 is 0. The van der Waals surface area contributed by atoms with Crippen molar-refractivity contribution < 1.29 is 4.74 Å². The first-order valence-electron chi connectivity index (χ1n) is 8.00. The van der Waals surface area contributed by atoms with Crippen LogP contribution in [0.25, 0.3) is 0 Å². The summed E-state index contributed by atoms with van der Waals surface area (Å²) in [6.45, 7) is 8.11. The Kier molecular flexibility index (Phi) is 3.44. The Balaban J connectivity index is 1.59. The van der Waals surface area contributed by atoms with E-state index < -0.39 is 0 Å². The Hall–Kier alpha value is -0.0800. The van der Waals surface area contributed by atoms with E-state index in [9.17, 15) is 0 Å². The van der Waals surface area contributed by atoms with Crippen molar-refractivity contribution in [2.45, 2.75) is 77.5 Å². The van der Waals surface area contributed by atoms with Crippen LogP contribution in [0.5, 0.6) is 0 Å². The van der Waals surface area contributed by atoms with E-state index in [1.807, 2.05) is 0 Å². The minimum atomic E-state index is 0.348. The summed E-state index contributed by atoms with van der Waals surface area (Å²) < 4.78 is 5.89. The fourth-order valence-corrected chi connectivity index (χ4v) is 4.73. The lowest BCUT2D eigenvalue weighted by atomic mass is 9.57. The third-order valence-electron chi connectivity index (χ3n) is 5.88. The average Bonchev–Trinajstić information content (AvgIpc) is 2.83. The summed E-state index contributed by atoms with van der Waals surface area (Å²) in [5.41, 5.74) is 0.348. The number of ether oxygens (including phenoxy) is 1. The maximum Gasteiger partial charge on any atom is 0.0685 e. The van der Waals surface area contributed by atoms with Gasteiger partial charge in [-0.15, -0.1) is 0 Å². The van der Waals surface area contributed by atoms with Gasteiger partial charge >= 0.3 is 0 Å². The molecule has 104 valence electrons. The molecule has 5 atom stereocenters. The molecule has 0 aromatic carbocycles. The van der Waals surface area contributed by atoms with E-state index in [0.717, 1.165) is 24.5 Å². The molecule has 2 nitrogen and oxygen atoms in total. The van der Waals surface area contributed by atoms with Gasteiger partial charge < -0.3 is 10.1 Å². The molecule has 3 fully saturated rings. The second-order valence-electron chi connectivity index (χ2n) is 7.35. The maximum absolute atomic E-state index is 5.89. The van der Waals surface area contributed by atoms with Gasteiger partial charge in [0.25, 0.3) is 0 Å². The quantitative estimate of drug-likeness (QED) is 0.830. The van der Waals surface area contributed by atoms with Crippen LogP contribution in [0, 0.1) is 17.3 Å². The molecule has 2 saturated carbocycles. The van der Waals surface area contributed by atoms with Crippen molar-refractivity contribution in [1.29, 1.82) is 0 Å². The molecule has 0 aromatic heterocycles. The van der Waals surface area contributed by atoms with Crippen LogP contribution in [0.4, 0.5) is 0 Å². The molecule has 3 aliphatic rings. The normalized spacial score (nSPS) is 46.5. The SMILES string of the molecule is CCC1CCCC(NC2C3CCOC3C2(C)C)C1. The van der Waals surface area contributed by atoms with E-state index >= 15 is 0 Å². The maximum atomic E-state index is 5.89. The van der Waals surface area contributed by atoms with Crippen molar-refractivity contribution in [2.24, 2.45) is 17.3 Å². The first kappa shape index (κ1) is 12.9. The first-order chi connectivity index (χ1) is 8.63. The minimum absolute atomic E-state index is 0.348. The molecule has 0 spiro atoms. The number of hydrogen-bond donors (Lipinski definition) is 1. The molecule has 2 aliphatic carbocycles. The van der Waals surface area contributed by atoms with E-state index in [1.54, 1.807) is 0 Å². The minimum Gasteiger partial charge on any atom is -0.377 e. The number of hydrogen-bond acceptors (Lipinski definition) is 2. The third-order valence-corrected chi connectivity index (χ3v) is 5.88. The summed E-state index contributed by atoms with van der Waals surface area (Å²) in [6, 6.07) is 1.47. The Morgan fingerprint density at radius 3 is 2.83 bits per heavy atom. The lowest BCUT2D eigenvalue weighted by Gasteiger charge is -2.56. The Labute approximate surface area is 112 Å². The molecule has 5 unspecified atom stereocenters. The van der Waals surface area contributed by atoms with Gasteiger partial charge in [-0.2, -0.15) is 0 Å². The molecule has 2 heteroatoms. The highest BCUT2D eigenvalue weighted by atomic mass is 16.5. The van der Waals surface area contributed by atoms with Crippen molar-refractivity contribution in [3.8, 4) is 0 Å². The van der Waals surface area contributed by atoms with Crippen LogP contribution in [-0.2, 0) is 4.74 Å². The van der Waals surface area contributed by atoms with Crippen LogP contribution in [0.3, 0.4) is 0 Å². The number of nitrogens with one attached hydrogen (secondary N) is 1. The highest BCUT2D eigenvalue weighted by Gasteiger charge is 2.59. The zero-order valence-electron chi connectivity index (χ0n) is 12.2. The van der Waals surface area contributed by atoms with Crippen molar-refractivity contribution in [2.75, 3.05) is 6.61 Å². The number of rotatable bonds is 3. The van der Waals surface area contributed by atoms with Gasteiger partial charge in [0.1, 0.15) is 0 Å². The van der Waals surface area contributed by atoms with Crippen LogP contribution >= 0.6 is 0 Å². The van der Waals surface area contributed by atoms with Crippen molar-refractivity contribution >= 4 is 0 Å². The highest BCUT2D eigenvalue weighted by Crippen LogP contribution is 2.52. The highest BCUT2D eigenvalue weighted by molar-refractivity contribution is 5.12. The van der Waals surface area contributed by atoms with Crippen molar-refractivity contribution in [3.63, 3.8) is 0 Å². The van der Waals surface area contributed by atoms with Gasteiger partial charge in [0.2, 0.25) is 0 Å². The topological polar surface area (TPSA) is 21.3 Å². The Bertz CT molecular complexity index is 301. The molecule has 1 saturated heterocycles. The molecular formula is C16H29NO. The molecule has 3 rings (SSSR count). The van der Waals surface area contributed by atoms with Crippen molar-refractivity contribution in [1.82, 2.24) is 5.32 Å². The van der Waals surface area contributed by atoms with E-state index in [2.05, 4.69) is 26.1 Å². The standard InChI is InChI=1S/C16H29NO/c1-4-11-6-5-7-12(10-11)17-14-13-8-9-18-15(13)16(14,2)3/h11-15,17H,4-10H2,1-3H3. The first-order valence-corrected chi connectivity index (χ1v) is 8.00. The van der Waals surface area contributed by atoms with Crippen LogP contribution in [0.1, 0.15) is 59.3 Å². The Morgan fingerprint density at radius 2 is 2.06 bits per heavy atom. The summed E-state index contributed by atoms with van der Waals surface area (Å²) in [5, 5.41) is 4.00. The summed E-state index contributed by atoms with van der Waals surface area (Å²) in [5.74, 6) is 1.76. The predicted molar refractivity (Wildman–Crippen MR) is 74.6 cm³/mol. The lowest BCUT2D eigenvalue weighted by Crippen LogP contribution is -2.67. The molecule has 0 radical (unpaired) electrons. The fourth-order valence-electron chi connectivity index (χ4n) is 4.73. The van der Waals surface area contributed by atoms with Crippen molar-refractivity contribution in [3.05, 3.63) is 0 Å². The van der Waals surface area contributed by atoms with E-state index in [0.29, 0.717) is 17.6 Å².